The topological polar surface area (TPSA) is 17.1 Å². The van der Waals surface area contributed by atoms with Crippen molar-refractivity contribution < 1.29 is 4.79 Å². The largest absolute Gasteiger partial charge is 0.303 e. The van der Waals surface area contributed by atoms with Crippen molar-refractivity contribution in [1.29, 1.82) is 0 Å². The van der Waals surface area contributed by atoms with Crippen molar-refractivity contribution in [2.75, 3.05) is 0 Å². The fourth-order valence-corrected chi connectivity index (χ4v) is 2.45. The first-order valence-corrected chi connectivity index (χ1v) is 5.11. The lowest BCUT2D eigenvalue weighted by atomic mass is 9.74. The minimum Gasteiger partial charge on any atom is -0.303 e. The third kappa shape index (κ3) is 1.55. The first-order valence-electron chi connectivity index (χ1n) is 5.11. The van der Waals surface area contributed by atoms with Crippen LogP contribution in [0.5, 0.6) is 0 Å². The first-order chi connectivity index (χ1) is 5.64. The Labute approximate surface area is 75.5 Å². The average molecular weight is 168 g/mol. The summed E-state index contributed by atoms with van der Waals surface area (Å²) in [7, 11) is 0. The summed E-state index contributed by atoms with van der Waals surface area (Å²) in [4.78, 5) is 11.1. The van der Waals surface area contributed by atoms with Gasteiger partial charge in [-0.1, -0.05) is 27.2 Å². The summed E-state index contributed by atoms with van der Waals surface area (Å²) in [5.41, 5.74) is 0.0359. The summed E-state index contributed by atoms with van der Waals surface area (Å²) in [5, 5.41) is 0. The molecule has 0 saturated heterocycles. The zero-order chi connectivity index (χ0) is 9.19. The number of aldehydes is 1. The maximum atomic E-state index is 11.1. The van der Waals surface area contributed by atoms with Crippen LogP contribution in [0.3, 0.4) is 0 Å². The van der Waals surface area contributed by atoms with E-state index < -0.39 is 0 Å². The van der Waals surface area contributed by atoms with Crippen LogP contribution in [-0.2, 0) is 4.79 Å². The summed E-state index contributed by atoms with van der Waals surface area (Å²) in [5.74, 6) is 1.32. The second-order valence-electron chi connectivity index (χ2n) is 4.51. The molecule has 1 fully saturated rings. The molecule has 0 aliphatic heterocycles. The maximum Gasteiger partial charge on any atom is 0.126 e. The molecule has 3 atom stereocenters. The van der Waals surface area contributed by atoms with Crippen LogP contribution in [0.1, 0.15) is 46.5 Å². The number of carbonyl (C=O) groups excluding carboxylic acids is 1. The fourth-order valence-electron chi connectivity index (χ4n) is 2.45. The van der Waals surface area contributed by atoms with Crippen molar-refractivity contribution in [2.24, 2.45) is 17.3 Å². The highest BCUT2D eigenvalue weighted by molar-refractivity contribution is 5.60. The second-order valence-corrected chi connectivity index (χ2v) is 4.51. The smallest absolute Gasteiger partial charge is 0.126 e. The fraction of sp³-hybridized carbons (Fsp3) is 0.909. The minimum atomic E-state index is 0.0359. The highest BCUT2D eigenvalue weighted by Crippen LogP contribution is 2.46. The van der Waals surface area contributed by atoms with E-state index in [0.717, 1.165) is 25.2 Å². The Balaban J connectivity index is 2.70. The molecule has 0 radical (unpaired) electrons. The summed E-state index contributed by atoms with van der Waals surface area (Å²) >= 11 is 0. The van der Waals surface area contributed by atoms with E-state index in [1.165, 1.54) is 12.7 Å². The van der Waals surface area contributed by atoms with Gasteiger partial charge < -0.3 is 4.79 Å². The van der Waals surface area contributed by atoms with Crippen molar-refractivity contribution in [3.8, 4) is 0 Å². The Kier molecular flexibility index (Phi) is 2.92. The quantitative estimate of drug-likeness (QED) is 0.592. The molecular formula is C11H20O. The third-order valence-electron chi connectivity index (χ3n) is 3.66. The summed E-state index contributed by atoms with van der Waals surface area (Å²) in [6.07, 6.45) is 5.83. The molecule has 1 saturated carbocycles. The van der Waals surface area contributed by atoms with E-state index in [4.69, 9.17) is 0 Å². The van der Waals surface area contributed by atoms with Crippen LogP contribution in [0.4, 0.5) is 0 Å². The van der Waals surface area contributed by atoms with Gasteiger partial charge in [0, 0.05) is 5.41 Å². The van der Waals surface area contributed by atoms with Gasteiger partial charge in [-0.05, 0) is 31.1 Å². The predicted molar refractivity (Wildman–Crippen MR) is 51.0 cm³/mol. The van der Waals surface area contributed by atoms with Gasteiger partial charge in [0.05, 0.1) is 0 Å². The summed E-state index contributed by atoms with van der Waals surface area (Å²) in [6.45, 7) is 6.65. The van der Waals surface area contributed by atoms with Crippen molar-refractivity contribution in [1.82, 2.24) is 0 Å². The first kappa shape index (κ1) is 9.76. The lowest BCUT2D eigenvalue weighted by molar-refractivity contribution is -0.118. The summed E-state index contributed by atoms with van der Waals surface area (Å²) in [6, 6.07) is 0. The Morgan fingerprint density at radius 1 is 1.67 bits per heavy atom. The highest BCUT2D eigenvalue weighted by atomic mass is 16.1. The second kappa shape index (κ2) is 3.59. The van der Waals surface area contributed by atoms with Gasteiger partial charge in [-0.2, -0.15) is 0 Å². The Morgan fingerprint density at radius 3 is 2.67 bits per heavy atom. The molecule has 3 unspecified atom stereocenters. The van der Waals surface area contributed by atoms with E-state index in [2.05, 4.69) is 20.8 Å². The molecule has 1 nitrogen and oxygen atoms in total. The SMILES string of the molecule is CCC(C)C1(C=O)CCC(C)C1. The van der Waals surface area contributed by atoms with Crippen molar-refractivity contribution >= 4 is 6.29 Å². The van der Waals surface area contributed by atoms with Crippen molar-refractivity contribution in [3.05, 3.63) is 0 Å². The van der Waals surface area contributed by atoms with Crippen LogP contribution < -0.4 is 0 Å². The molecule has 0 aromatic rings. The van der Waals surface area contributed by atoms with Crippen molar-refractivity contribution in [3.63, 3.8) is 0 Å². The zero-order valence-corrected chi connectivity index (χ0v) is 8.47. The van der Waals surface area contributed by atoms with E-state index in [1.54, 1.807) is 0 Å². The predicted octanol–water partition coefficient (Wildman–Crippen LogP) is 3.04. The Morgan fingerprint density at radius 2 is 2.33 bits per heavy atom. The van der Waals surface area contributed by atoms with Gasteiger partial charge in [0.25, 0.3) is 0 Å². The van der Waals surface area contributed by atoms with Gasteiger partial charge in [-0.15, -0.1) is 0 Å². The van der Waals surface area contributed by atoms with Gasteiger partial charge in [0.15, 0.2) is 0 Å². The molecule has 0 bridgehead atoms. The van der Waals surface area contributed by atoms with E-state index >= 15 is 0 Å². The van der Waals surface area contributed by atoms with Gasteiger partial charge in [-0.3, -0.25) is 0 Å². The van der Waals surface area contributed by atoms with E-state index in [9.17, 15) is 4.79 Å². The van der Waals surface area contributed by atoms with Crippen LogP contribution in [0.15, 0.2) is 0 Å². The average Bonchev–Trinajstić information content (AvgIpc) is 2.47. The van der Waals surface area contributed by atoms with E-state index in [1.807, 2.05) is 0 Å². The maximum absolute atomic E-state index is 11.1. The molecule has 1 aliphatic rings. The number of hydrogen-bond acceptors (Lipinski definition) is 1. The van der Waals surface area contributed by atoms with Crippen LogP contribution in [0.2, 0.25) is 0 Å². The molecule has 1 aliphatic carbocycles. The number of carbonyl (C=O) groups is 1. The zero-order valence-electron chi connectivity index (χ0n) is 8.47. The van der Waals surface area contributed by atoms with Crippen LogP contribution in [-0.4, -0.2) is 6.29 Å². The Bertz CT molecular complexity index is 164. The molecule has 12 heavy (non-hydrogen) atoms. The third-order valence-corrected chi connectivity index (χ3v) is 3.66. The van der Waals surface area contributed by atoms with Crippen molar-refractivity contribution in [2.45, 2.75) is 46.5 Å². The molecule has 0 spiro atoms. The van der Waals surface area contributed by atoms with E-state index in [0.29, 0.717) is 5.92 Å². The number of hydrogen-bond donors (Lipinski definition) is 0. The minimum absolute atomic E-state index is 0.0359. The molecule has 0 aromatic carbocycles. The van der Waals surface area contributed by atoms with Gasteiger partial charge >= 0.3 is 0 Å². The molecule has 0 N–H and O–H groups in total. The van der Waals surface area contributed by atoms with Gasteiger partial charge in [-0.25, -0.2) is 0 Å². The summed E-state index contributed by atoms with van der Waals surface area (Å²) < 4.78 is 0. The molecule has 0 heterocycles. The number of rotatable bonds is 3. The van der Waals surface area contributed by atoms with Gasteiger partial charge in [0.1, 0.15) is 6.29 Å². The molecule has 1 heteroatoms. The van der Waals surface area contributed by atoms with Crippen LogP contribution in [0.25, 0.3) is 0 Å². The van der Waals surface area contributed by atoms with E-state index in [-0.39, 0.29) is 5.41 Å². The standard InChI is InChI=1S/C11H20O/c1-4-10(3)11(8-12)6-5-9(2)7-11/h8-10H,4-7H2,1-3H3. The molecular weight excluding hydrogens is 148 g/mol. The lowest BCUT2D eigenvalue weighted by Gasteiger charge is -2.29. The Hall–Kier alpha value is -0.330. The molecule has 1 rings (SSSR count). The molecule has 0 aromatic heterocycles. The highest BCUT2D eigenvalue weighted by Gasteiger charge is 2.40. The normalized spacial score (nSPS) is 38.1. The monoisotopic (exact) mass is 168 g/mol. The lowest BCUT2D eigenvalue weighted by Crippen LogP contribution is -2.27. The molecule has 70 valence electrons. The van der Waals surface area contributed by atoms with Crippen LogP contribution in [0, 0.1) is 17.3 Å². The van der Waals surface area contributed by atoms with Crippen LogP contribution >= 0.6 is 0 Å². The molecule has 0 amide bonds. The van der Waals surface area contributed by atoms with Gasteiger partial charge in [0.2, 0.25) is 0 Å².